The minimum absolute atomic E-state index is 0.0254. The lowest BCUT2D eigenvalue weighted by atomic mass is 9.70. The third-order valence-corrected chi connectivity index (χ3v) is 8.66. The summed E-state index contributed by atoms with van der Waals surface area (Å²) < 4.78 is -0.504. The Bertz CT molecular complexity index is 695. The molecule has 1 spiro atoms. The smallest absolute Gasteiger partial charge is 0.244 e. The number of nitrogens with zero attached hydrogens (tertiary/aromatic N) is 1. The Morgan fingerprint density at radius 2 is 1.90 bits per heavy atom. The summed E-state index contributed by atoms with van der Waals surface area (Å²) in [6.45, 7) is 9.20. The predicted octanol–water partition coefficient (Wildman–Crippen LogP) is 2.07. The molecule has 3 saturated heterocycles. The summed E-state index contributed by atoms with van der Waals surface area (Å²) in [6.07, 6.45) is 5.91. The molecule has 3 aliphatic heterocycles. The van der Waals surface area contributed by atoms with Crippen LogP contribution < -0.4 is 10.6 Å². The number of likely N-dealkylation sites (tertiary alicyclic amines) is 1. The van der Waals surface area contributed by atoms with E-state index in [0.29, 0.717) is 13.1 Å². The van der Waals surface area contributed by atoms with Crippen LogP contribution in [0, 0.1) is 11.8 Å². The van der Waals surface area contributed by atoms with Gasteiger partial charge in [0.1, 0.15) is 6.04 Å². The molecule has 3 rings (SSSR count). The lowest BCUT2D eigenvalue weighted by Gasteiger charge is -2.36. The minimum atomic E-state index is -0.527. The average Bonchev–Trinajstić information content (AvgIpc) is 3.32. The lowest BCUT2D eigenvalue weighted by Crippen LogP contribution is -2.57. The summed E-state index contributed by atoms with van der Waals surface area (Å²) in [6, 6.07) is -0.527. The van der Waals surface area contributed by atoms with Crippen LogP contribution in [0.4, 0.5) is 0 Å². The highest BCUT2D eigenvalue weighted by Crippen LogP contribution is 2.66. The summed E-state index contributed by atoms with van der Waals surface area (Å²) >= 11 is 1.72. The number of hydrogen-bond acceptors (Lipinski definition) is 5. The van der Waals surface area contributed by atoms with Crippen molar-refractivity contribution < 1.29 is 19.5 Å². The van der Waals surface area contributed by atoms with Crippen LogP contribution in [0.2, 0.25) is 0 Å². The summed E-state index contributed by atoms with van der Waals surface area (Å²) in [5.41, 5.74) is -0.388. The van der Waals surface area contributed by atoms with Crippen molar-refractivity contribution in [3.05, 3.63) is 0 Å². The average molecular weight is 454 g/mol. The van der Waals surface area contributed by atoms with E-state index >= 15 is 0 Å². The van der Waals surface area contributed by atoms with Crippen LogP contribution in [0.1, 0.15) is 72.6 Å². The second-order valence-corrected chi connectivity index (χ2v) is 11.9. The van der Waals surface area contributed by atoms with Gasteiger partial charge in [0, 0.05) is 30.5 Å². The minimum Gasteiger partial charge on any atom is -0.396 e. The van der Waals surface area contributed by atoms with Gasteiger partial charge in [-0.1, -0.05) is 19.8 Å². The van der Waals surface area contributed by atoms with Crippen LogP contribution in [0.5, 0.6) is 0 Å². The highest BCUT2D eigenvalue weighted by molar-refractivity contribution is 8.02. The Labute approximate surface area is 190 Å². The van der Waals surface area contributed by atoms with E-state index in [-0.39, 0.29) is 41.0 Å². The largest absolute Gasteiger partial charge is 0.396 e. The second-order valence-electron chi connectivity index (χ2n) is 10.3. The molecule has 0 aliphatic carbocycles. The Morgan fingerprint density at radius 1 is 1.19 bits per heavy atom. The summed E-state index contributed by atoms with van der Waals surface area (Å²) in [5, 5.41) is 15.2. The molecule has 0 saturated carbocycles. The molecule has 0 aromatic carbocycles. The van der Waals surface area contributed by atoms with Crippen LogP contribution in [0.15, 0.2) is 0 Å². The number of nitrogens with one attached hydrogen (secondary N) is 2. The Balaban J connectivity index is 1.86. The summed E-state index contributed by atoms with van der Waals surface area (Å²) in [4.78, 5) is 41.9. The van der Waals surface area contributed by atoms with E-state index in [1.807, 2.05) is 27.7 Å². The van der Waals surface area contributed by atoms with Crippen molar-refractivity contribution in [3.8, 4) is 0 Å². The highest BCUT2D eigenvalue weighted by atomic mass is 32.2. The quantitative estimate of drug-likeness (QED) is 0.440. The molecule has 3 aliphatic rings. The van der Waals surface area contributed by atoms with Gasteiger partial charge in [-0.05, 0) is 52.9 Å². The van der Waals surface area contributed by atoms with Crippen LogP contribution in [0.3, 0.4) is 0 Å². The van der Waals surface area contributed by atoms with E-state index in [2.05, 4.69) is 10.6 Å². The molecular formula is C23H39N3O4S. The van der Waals surface area contributed by atoms with Gasteiger partial charge in [-0.15, -0.1) is 11.8 Å². The zero-order valence-corrected chi connectivity index (χ0v) is 20.2. The standard InChI is InChI=1S/C23H39N3O4S/c1-5-12-24-19(28)16-15-10-11-23(31-15)17(16)21(30)26(13-8-6-7-9-14-27)18(23)20(29)25-22(2,3)4/h15-18,27H,5-14H2,1-4H3,(H,24,28)(H,25,29)/t15-,16+,17+,18?,23?/m1/s1. The Morgan fingerprint density at radius 3 is 2.55 bits per heavy atom. The fourth-order valence-corrected chi connectivity index (χ4v) is 7.77. The van der Waals surface area contributed by atoms with Crippen molar-refractivity contribution in [1.29, 1.82) is 0 Å². The Hall–Kier alpha value is -1.28. The predicted molar refractivity (Wildman–Crippen MR) is 123 cm³/mol. The first-order chi connectivity index (χ1) is 14.7. The Kier molecular flexibility index (Phi) is 7.62. The van der Waals surface area contributed by atoms with Gasteiger partial charge in [0.15, 0.2) is 0 Å². The van der Waals surface area contributed by atoms with Crippen molar-refractivity contribution in [2.75, 3.05) is 19.7 Å². The van der Waals surface area contributed by atoms with E-state index in [9.17, 15) is 14.4 Å². The van der Waals surface area contributed by atoms with Crippen LogP contribution in [0.25, 0.3) is 0 Å². The van der Waals surface area contributed by atoms with Gasteiger partial charge in [0.25, 0.3) is 0 Å². The number of aliphatic hydroxyl groups is 1. The van der Waals surface area contributed by atoms with Gasteiger partial charge in [-0.2, -0.15) is 0 Å². The van der Waals surface area contributed by atoms with Crippen LogP contribution in [-0.4, -0.2) is 69.0 Å². The third-order valence-electron chi connectivity index (χ3n) is 6.71. The van der Waals surface area contributed by atoms with Gasteiger partial charge in [0.2, 0.25) is 17.7 Å². The van der Waals surface area contributed by atoms with E-state index in [1.54, 1.807) is 16.7 Å². The molecule has 0 aromatic heterocycles. The first-order valence-corrected chi connectivity index (χ1v) is 12.7. The number of carbonyl (C=O) groups is 3. The molecule has 3 fully saturated rings. The van der Waals surface area contributed by atoms with Crippen molar-refractivity contribution in [3.63, 3.8) is 0 Å². The first kappa shape index (κ1) is 24.4. The number of amides is 3. The number of aliphatic hydroxyl groups excluding tert-OH is 1. The number of carbonyl (C=O) groups excluding carboxylic acids is 3. The molecule has 0 radical (unpaired) electrons. The summed E-state index contributed by atoms with van der Waals surface area (Å²) in [5.74, 6) is -0.911. The molecule has 3 N–H and O–H groups in total. The summed E-state index contributed by atoms with van der Waals surface area (Å²) in [7, 11) is 0. The maximum Gasteiger partial charge on any atom is 0.244 e. The van der Waals surface area contributed by atoms with E-state index in [0.717, 1.165) is 44.9 Å². The van der Waals surface area contributed by atoms with Gasteiger partial charge < -0.3 is 20.6 Å². The number of rotatable bonds is 10. The molecule has 3 amide bonds. The highest BCUT2D eigenvalue weighted by Gasteiger charge is 2.73. The molecule has 5 atom stereocenters. The van der Waals surface area contributed by atoms with Crippen molar-refractivity contribution in [2.45, 2.75) is 94.2 Å². The normalized spacial score (nSPS) is 31.8. The molecular weight excluding hydrogens is 414 g/mol. The first-order valence-electron chi connectivity index (χ1n) is 11.8. The maximum atomic E-state index is 13.7. The molecule has 3 heterocycles. The second kappa shape index (κ2) is 9.69. The maximum absolute atomic E-state index is 13.7. The van der Waals surface area contributed by atoms with E-state index in [1.165, 1.54) is 0 Å². The molecule has 2 bridgehead atoms. The molecule has 8 heteroatoms. The van der Waals surface area contributed by atoms with E-state index < -0.39 is 16.7 Å². The number of unbranched alkanes of at least 4 members (excludes halogenated alkanes) is 3. The van der Waals surface area contributed by atoms with Crippen LogP contribution >= 0.6 is 11.8 Å². The number of thioether (sulfide) groups is 1. The molecule has 2 unspecified atom stereocenters. The zero-order valence-electron chi connectivity index (χ0n) is 19.4. The monoisotopic (exact) mass is 453 g/mol. The molecule has 176 valence electrons. The molecule has 7 nitrogen and oxygen atoms in total. The lowest BCUT2D eigenvalue weighted by molar-refractivity contribution is -0.140. The molecule has 31 heavy (non-hydrogen) atoms. The van der Waals surface area contributed by atoms with Crippen molar-refractivity contribution in [2.24, 2.45) is 11.8 Å². The van der Waals surface area contributed by atoms with Crippen molar-refractivity contribution >= 4 is 29.5 Å². The van der Waals surface area contributed by atoms with Crippen LogP contribution in [-0.2, 0) is 14.4 Å². The SMILES string of the molecule is CCCNC(=O)[C@@H]1[C@H]2C(=O)N(CCCCCCO)C(C(=O)NC(C)(C)C)C23CC[C@H]1S3. The van der Waals surface area contributed by atoms with Gasteiger partial charge in [0.05, 0.1) is 16.6 Å². The number of hydrogen-bond donors (Lipinski definition) is 3. The molecule has 0 aromatic rings. The van der Waals surface area contributed by atoms with Gasteiger partial charge in [-0.25, -0.2) is 0 Å². The number of fused-ring (bicyclic) bond motifs is 1. The zero-order chi connectivity index (χ0) is 22.8. The van der Waals surface area contributed by atoms with E-state index in [4.69, 9.17) is 5.11 Å². The fraction of sp³-hybridized carbons (Fsp3) is 0.870. The fourth-order valence-electron chi connectivity index (χ4n) is 5.55. The topological polar surface area (TPSA) is 98.7 Å². The van der Waals surface area contributed by atoms with Crippen molar-refractivity contribution in [1.82, 2.24) is 15.5 Å². The third kappa shape index (κ3) is 4.75. The van der Waals surface area contributed by atoms with Gasteiger partial charge >= 0.3 is 0 Å². The van der Waals surface area contributed by atoms with Gasteiger partial charge in [-0.3, -0.25) is 14.4 Å².